The Morgan fingerprint density at radius 2 is 1.93 bits per heavy atom. The molecule has 0 radical (unpaired) electrons. The molecule has 1 aliphatic heterocycles. The van der Waals surface area contributed by atoms with Gasteiger partial charge in [0.25, 0.3) is 0 Å². The number of hydrogen-bond donors (Lipinski definition) is 1. The van der Waals surface area contributed by atoms with Gasteiger partial charge in [0.15, 0.2) is 5.78 Å². The summed E-state index contributed by atoms with van der Waals surface area (Å²) in [6.07, 6.45) is 1.74. The van der Waals surface area contributed by atoms with Gasteiger partial charge >= 0.3 is 5.00 Å². The first-order valence-corrected chi connectivity index (χ1v) is 10.4. The van der Waals surface area contributed by atoms with E-state index in [4.69, 9.17) is 5.73 Å². The van der Waals surface area contributed by atoms with E-state index < -0.39 is 10.8 Å². The fourth-order valence-corrected chi connectivity index (χ4v) is 5.28. The molecule has 1 atom stereocenters. The maximum atomic E-state index is 13.0. The highest BCUT2D eigenvalue weighted by Crippen LogP contribution is 2.48. The Morgan fingerprint density at radius 1 is 1.23 bits per heavy atom. The summed E-state index contributed by atoms with van der Waals surface area (Å²) in [5, 5.41) is 21.1. The van der Waals surface area contributed by atoms with E-state index in [0.717, 1.165) is 33.8 Å². The number of nitrogens with zero attached hydrogens (tertiary/aromatic N) is 3. The molecule has 1 aromatic heterocycles. The molecule has 1 unspecified atom stereocenters. The van der Waals surface area contributed by atoms with Crippen molar-refractivity contribution in [1.29, 1.82) is 5.26 Å². The van der Waals surface area contributed by atoms with E-state index in [0.29, 0.717) is 29.7 Å². The number of carbonyl (C=O) groups is 1. The van der Waals surface area contributed by atoms with E-state index in [-0.39, 0.29) is 22.2 Å². The van der Waals surface area contributed by atoms with Crippen LogP contribution in [0, 0.1) is 35.3 Å². The summed E-state index contributed by atoms with van der Waals surface area (Å²) in [6.45, 7) is 3.97. The molecule has 0 saturated carbocycles. The van der Waals surface area contributed by atoms with Crippen LogP contribution in [-0.2, 0) is 4.79 Å². The predicted molar refractivity (Wildman–Crippen MR) is 115 cm³/mol. The lowest BCUT2D eigenvalue weighted by molar-refractivity contribution is -0.380. The van der Waals surface area contributed by atoms with Gasteiger partial charge in [-0.25, -0.2) is 0 Å². The number of benzene rings is 1. The first kappa shape index (κ1) is 19.9. The highest BCUT2D eigenvalue weighted by Gasteiger charge is 2.41. The number of thiophene rings is 1. The van der Waals surface area contributed by atoms with Gasteiger partial charge in [-0.1, -0.05) is 17.4 Å². The second-order valence-corrected chi connectivity index (χ2v) is 8.69. The summed E-state index contributed by atoms with van der Waals surface area (Å²) in [5.74, 6) is -0.428. The van der Waals surface area contributed by atoms with Crippen LogP contribution in [0.25, 0.3) is 0 Å². The molecule has 2 aliphatic rings. The highest BCUT2D eigenvalue weighted by molar-refractivity contribution is 7.15. The summed E-state index contributed by atoms with van der Waals surface area (Å²) in [5.41, 5.74) is 11.0. The van der Waals surface area contributed by atoms with Crippen LogP contribution in [-0.4, -0.2) is 10.7 Å². The molecule has 30 heavy (non-hydrogen) atoms. The average Bonchev–Trinajstić information content (AvgIpc) is 3.16. The molecule has 0 amide bonds. The summed E-state index contributed by atoms with van der Waals surface area (Å²) in [7, 11) is 0. The van der Waals surface area contributed by atoms with Crippen molar-refractivity contribution >= 4 is 27.8 Å². The molecule has 2 aromatic rings. The Balaban J connectivity index is 1.96. The van der Waals surface area contributed by atoms with Crippen LogP contribution < -0.4 is 10.6 Å². The molecule has 0 fully saturated rings. The van der Waals surface area contributed by atoms with Gasteiger partial charge in [0.2, 0.25) is 0 Å². The second kappa shape index (κ2) is 7.43. The lowest BCUT2D eigenvalue weighted by Gasteiger charge is -2.39. The highest BCUT2D eigenvalue weighted by atomic mass is 32.1. The molecule has 7 nitrogen and oxygen atoms in total. The third-order valence-electron chi connectivity index (χ3n) is 5.46. The molecule has 1 aliphatic carbocycles. The number of ketones is 1. The molecule has 2 heterocycles. The van der Waals surface area contributed by atoms with Crippen molar-refractivity contribution in [2.75, 3.05) is 4.90 Å². The van der Waals surface area contributed by atoms with Crippen LogP contribution in [0.1, 0.15) is 41.2 Å². The molecule has 8 heteroatoms. The molecule has 152 valence electrons. The Kier molecular flexibility index (Phi) is 4.92. The Hall–Kier alpha value is -3.44. The van der Waals surface area contributed by atoms with Gasteiger partial charge in [-0.2, -0.15) is 5.26 Å². The average molecular weight is 420 g/mol. The fourth-order valence-electron chi connectivity index (χ4n) is 4.34. The molecule has 0 spiro atoms. The summed E-state index contributed by atoms with van der Waals surface area (Å²) >= 11 is 0.984. The minimum Gasteiger partial charge on any atom is -0.384 e. The van der Waals surface area contributed by atoms with Crippen molar-refractivity contribution < 1.29 is 9.72 Å². The number of Topliss-reactive ketones (excluding diaryl/α,β-unsaturated/α-hetero) is 1. The van der Waals surface area contributed by atoms with Crippen molar-refractivity contribution in [3.63, 3.8) is 0 Å². The zero-order valence-electron chi connectivity index (χ0n) is 16.6. The molecule has 0 saturated heterocycles. The molecular weight excluding hydrogens is 400 g/mol. The topological polar surface area (TPSA) is 113 Å². The van der Waals surface area contributed by atoms with Crippen molar-refractivity contribution in [1.82, 2.24) is 0 Å². The number of carbonyl (C=O) groups excluding carboxylic acids is 1. The third-order valence-corrected chi connectivity index (χ3v) is 6.56. The van der Waals surface area contributed by atoms with Crippen LogP contribution in [0.3, 0.4) is 0 Å². The van der Waals surface area contributed by atoms with E-state index in [1.54, 1.807) is 6.07 Å². The van der Waals surface area contributed by atoms with Crippen LogP contribution in [0.15, 0.2) is 53.0 Å². The summed E-state index contributed by atoms with van der Waals surface area (Å²) < 4.78 is 0. The van der Waals surface area contributed by atoms with Gasteiger partial charge in [0, 0.05) is 34.3 Å². The Bertz CT molecular complexity index is 1160. The van der Waals surface area contributed by atoms with Gasteiger partial charge in [0.05, 0.1) is 22.5 Å². The van der Waals surface area contributed by atoms with Crippen molar-refractivity contribution in [3.05, 3.63) is 79.1 Å². The largest absolute Gasteiger partial charge is 0.384 e. The fraction of sp³-hybridized carbons (Fsp3) is 0.273. The monoisotopic (exact) mass is 420 g/mol. The first-order chi connectivity index (χ1) is 14.3. The number of nitriles is 1. The van der Waals surface area contributed by atoms with E-state index >= 15 is 0 Å². The van der Waals surface area contributed by atoms with Crippen LogP contribution in [0.2, 0.25) is 0 Å². The zero-order chi connectivity index (χ0) is 21.6. The summed E-state index contributed by atoms with van der Waals surface area (Å²) in [4.78, 5) is 26.2. The van der Waals surface area contributed by atoms with Gasteiger partial charge in [-0.15, -0.1) is 0 Å². The maximum absolute atomic E-state index is 13.0. The number of rotatable bonds is 3. The van der Waals surface area contributed by atoms with E-state index in [9.17, 15) is 20.2 Å². The minimum atomic E-state index is -0.668. The molecule has 0 bridgehead atoms. The normalized spacial score (nSPS) is 19.0. The van der Waals surface area contributed by atoms with E-state index in [1.807, 2.05) is 36.9 Å². The molecule has 4 rings (SSSR count). The minimum absolute atomic E-state index is 0.0250. The lowest BCUT2D eigenvalue weighted by Crippen LogP contribution is -2.38. The quantitative estimate of drug-likeness (QED) is 0.574. The van der Waals surface area contributed by atoms with Crippen LogP contribution in [0.4, 0.5) is 10.7 Å². The van der Waals surface area contributed by atoms with Crippen LogP contribution >= 0.6 is 11.3 Å². The number of nitrogens with two attached hydrogens (primary N) is 1. The number of hydrogen-bond acceptors (Lipinski definition) is 7. The van der Waals surface area contributed by atoms with E-state index in [1.165, 1.54) is 6.07 Å². The van der Waals surface area contributed by atoms with Gasteiger partial charge < -0.3 is 5.73 Å². The smallest absolute Gasteiger partial charge is 0.324 e. The zero-order valence-corrected chi connectivity index (χ0v) is 17.5. The van der Waals surface area contributed by atoms with E-state index in [2.05, 4.69) is 6.07 Å². The number of nitro groups is 1. The molecule has 1 aromatic carbocycles. The standard InChI is InChI=1S/C22H20N4O3S/c1-12-8-13(2)10-14(9-12)25-16-4-3-5-17(27)21(16)20(15(11-23)22(25)24)18-6-7-19(30-18)26(28)29/h6-10,20H,3-5,24H2,1-2H3. The third kappa shape index (κ3) is 3.17. The summed E-state index contributed by atoms with van der Waals surface area (Å²) in [6, 6.07) is 11.2. The Labute approximate surface area is 177 Å². The molecular formula is C22H20N4O3S. The maximum Gasteiger partial charge on any atom is 0.324 e. The van der Waals surface area contributed by atoms with Crippen LogP contribution in [0.5, 0.6) is 0 Å². The number of aryl methyl sites for hydroxylation is 2. The number of anilines is 1. The van der Waals surface area contributed by atoms with Gasteiger partial charge in [-0.3, -0.25) is 19.8 Å². The van der Waals surface area contributed by atoms with Crippen molar-refractivity contribution in [3.8, 4) is 6.07 Å². The van der Waals surface area contributed by atoms with Crippen molar-refractivity contribution in [2.45, 2.75) is 39.0 Å². The first-order valence-electron chi connectivity index (χ1n) is 9.60. The Morgan fingerprint density at radius 3 is 2.53 bits per heavy atom. The van der Waals surface area contributed by atoms with Gasteiger partial charge in [0.1, 0.15) is 5.82 Å². The van der Waals surface area contributed by atoms with Crippen molar-refractivity contribution in [2.24, 2.45) is 5.73 Å². The number of allylic oxidation sites excluding steroid dienone is 3. The predicted octanol–water partition coefficient (Wildman–Crippen LogP) is 4.58. The lowest BCUT2D eigenvalue weighted by atomic mass is 9.78. The SMILES string of the molecule is Cc1cc(C)cc(N2C(N)=C(C#N)C(c3ccc([N+](=O)[O-])s3)C3=C2CCCC3=O)c1. The second-order valence-electron chi connectivity index (χ2n) is 7.60. The van der Waals surface area contributed by atoms with Gasteiger partial charge in [-0.05, 0) is 56.0 Å². The molecule has 2 N–H and O–H groups in total.